The Morgan fingerprint density at radius 3 is 2.30 bits per heavy atom. The molecular weight excluding hydrogens is 384 g/mol. The van der Waals surface area contributed by atoms with Gasteiger partial charge in [-0.1, -0.05) is 12.1 Å². The molecule has 2 aliphatic rings. The fourth-order valence-corrected chi connectivity index (χ4v) is 3.99. The highest BCUT2D eigenvalue weighted by atomic mass is 16.6. The minimum Gasteiger partial charge on any atom is -0.357 e. The second-order valence-electron chi connectivity index (χ2n) is 7.83. The van der Waals surface area contributed by atoms with Gasteiger partial charge in [0, 0.05) is 57.9 Å². The van der Waals surface area contributed by atoms with Crippen LogP contribution in [0.1, 0.15) is 32.3 Å². The Labute approximate surface area is 177 Å². The highest BCUT2D eigenvalue weighted by molar-refractivity contribution is 5.82. The van der Waals surface area contributed by atoms with Crippen molar-refractivity contribution in [1.82, 2.24) is 20.0 Å². The summed E-state index contributed by atoms with van der Waals surface area (Å²) in [6.45, 7) is 10.3. The molecule has 0 aromatic heterocycles. The van der Waals surface area contributed by atoms with E-state index in [9.17, 15) is 14.9 Å². The van der Waals surface area contributed by atoms with Crippen molar-refractivity contribution < 1.29 is 9.72 Å². The molecule has 164 valence electrons. The Morgan fingerprint density at radius 1 is 1.10 bits per heavy atom. The molecule has 1 N–H and O–H groups in total. The highest BCUT2D eigenvalue weighted by Gasteiger charge is 2.30. The minimum atomic E-state index is -0.397. The summed E-state index contributed by atoms with van der Waals surface area (Å²) in [7, 11) is 0. The summed E-state index contributed by atoms with van der Waals surface area (Å²) in [5.74, 6) is 1.09. The summed E-state index contributed by atoms with van der Waals surface area (Å²) in [5.41, 5.74) is 1.02. The van der Waals surface area contributed by atoms with Gasteiger partial charge in [-0.3, -0.25) is 19.8 Å². The number of rotatable bonds is 6. The summed E-state index contributed by atoms with van der Waals surface area (Å²) in [6.07, 6.45) is 2.23. The SMILES string of the molecule is CCNC(=NCc1ccc([N+](=O)[O-])cc1)N1CCN(C(C)C(=O)N2CCCC2)CC1. The molecule has 0 radical (unpaired) electrons. The first kappa shape index (κ1) is 22.0. The third kappa shape index (κ3) is 5.47. The van der Waals surface area contributed by atoms with Gasteiger partial charge in [0.2, 0.25) is 5.91 Å². The number of aliphatic imine (C=N–C) groups is 1. The average molecular weight is 417 g/mol. The van der Waals surface area contributed by atoms with Crippen molar-refractivity contribution in [2.24, 2.45) is 4.99 Å². The summed E-state index contributed by atoms with van der Waals surface area (Å²) in [4.78, 5) is 34.3. The van der Waals surface area contributed by atoms with Crippen LogP contribution in [0.3, 0.4) is 0 Å². The molecular formula is C21H32N6O3. The Morgan fingerprint density at radius 2 is 1.73 bits per heavy atom. The van der Waals surface area contributed by atoms with Gasteiger partial charge in [0.25, 0.3) is 5.69 Å². The number of hydrogen-bond acceptors (Lipinski definition) is 5. The lowest BCUT2D eigenvalue weighted by Crippen LogP contribution is -2.57. The van der Waals surface area contributed by atoms with E-state index in [1.54, 1.807) is 12.1 Å². The molecule has 2 fully saturated rings. The normalized spacial score (nSPS) is 19.1. The molecule has 1 aromatic rings. The van der Waals surface area contributed by atoms with E-state index < -0.39 is 4.92 Å². The van der Waals surface area contributed by atoms with Crippen molar-refractivity contribution in [3.8, 4) is 0 Å². The number of nitrogens with zero attached hydrogens (tertiary/aromatic N) is 5. The average Bonchev–Trinajstić information content (AvgIpc) is 3.31. The molecule has 0 spiro atoms. The van der Waals surface area contributed by atoms with Crippen LogP contribution in [-0.4, -0.2) is 83.3 Å². The molecule has 0 aliphatic carbocycles. The fraction of sp³-hybridized carbons (Fsp3) is 0.619. The maximum absolute atomic E-state index is 12.7. The lowest BCUT2D eigenvalue weighted by molar-refractivity contribution is -0.384. The number of nitrogens with one attached hydrogen (secondary N) is 1. The number of benzene rings is 1. The third-order valence-corrected chi connectivity index (χ3v) is 5.83. The Kier molecular flexibility index (Phi) is 7.62. The Bertz CT molecular complexity index is 753. The van der Waals surface area contributed by atoms with Crippen molar-refractivity contribution in [2.45, 2.75) is 39.3 Å². The van der Waals surface area contributed by atoms with E-state index in [0.29, 0.717) is 6.54 Å². The molecule has 1 amide bonds. The van der Waals surface area contributed by atoms with Gasteiger partial charge in [-0.05, 0) is 32.3 Å². The first-order chi connectivity index (χ1) is 14.5. The number of nitro groups is 1. The Hall–Kier alpha value is -2.68. The first-order valence-corrected chi connectivity index (χ1v) is 10.8. The third-order valence-electron chi connectivity index (χ3n) is 5.83. The fourth-order valence-electron chi connectivity index (χ4n) is 3.99. The van der Waals surface area contributed by atoms with Gasteiger partial charge in [-0.15, -0.1) is 0 Å². The smallest absolute Gasteiger partial charge is 0.269 e. The molecule has 1 unspecified atom stereocenters. The highest BCUT2D eigenvalue weighted by Crippen LogP contribution is 2.15. The zero-order chi connectivity index (χ0) is 21.5. The van der Waals surface area contributed by atoms with Gasteiger partial charge in [-0.25, -0.2) is 4.99 Å². The van der Waals surface area contributed by atoms with Crippen LogP contribution in [0, 0.1) is 10.1 Å². The standard InChI is InChI=1S/C21H32N6O3/c1-3-22-21(23-16-18-6-8-19(9-7-18)27(29)30)26-14-12-24(13-15-26)17(2)20(28)25-10-4-5-11-25/h6-9,17H,3-5,10-16H2,1-2H3,(H,22,23). The van der Waals surface area contributed by atoms with Crippen molar-refractivity contribution in [1.29, 1.82) is 0 Å². The van der Waals surface area contributed by atoms with E-state index in [1.807, 2.05) is 18.7 Å². The van der Waals surface area contributed by atoms with Crippen molar-refractivity contribution in [3.63, 3.8) is 0 Å². The summed E-state index contributed by atoms with van der Waals surface area (Å²) in [6, 6.07) is 6.43. The number of non-ortho nitro benzene ring substituents is 1. The van der Waals surface area contributed by atoms with Gasteiger partial charge in [-0.2, -0.15) is 0 Å². The summed E-state index contributed by atoms with van der Waals surface area (Å²) < 4.78 is 0. The second-order valence-corrected chi connectivity index (χ2v) is 7.83. The maximum Gasteiger partial charge on any atom is 0.269 e. The number of piperazine rings is 1. The molecule has 0 bridgehead atoms. The largest absolute Gasteiger partial charge is 0.357 e. The molecule has 30 heavy (non-hydrogen) atoms. The van der Waals surface area contributed by atoms with Gasteiger partial charge >= 0.3 is 0 Å². The van der Waals surface area contributed by atoms with Gasteiger partial charge in [0.15, 0.2) is 5.96 Å². The van der Waals surface area contributed by atoms with Gasteiger partial charge < -0.3 is 15.1 Å². The predicted molar refractivity (Wildman–Crippen MR) is 116 cm³/mol. The van der Waals surface area contributed by atoms with Crippen LogP contribution in [0.4, 0.5) is 5.69 Å². The summed E-state index contributed by atoms with van der Waals surface area (Å²) in [5, 5.41) is 14.1. The van der Waals surface area contributed by atoms with Crippen LogP contribution in [0.15, 0.2) is 29.3 Å². The lowest BCUT2D eigenvalue weighted by atomic mass is 10.2. The molecule has 1 atom stereocenters. The Balaban J connectivity index is 1.56. The zero-order valence-corrected chi connectivity index (χ0v) is 17.9. The van der Waals surface area contributed by atoms with Crippen LogP contribution in [0.2, 0.25) is 0 Å². The molecule has 0 saturated carbocycles. The molecule has 3 rings (SSSR count). The van der Waals surface area contributed by atoms with Crippen molar-refractivity contribution in [3.05, 3.63) is 39.9 Å². The number of likely N-dealkylation sites (tertiary alicyclic amines) is 1. The molecule has 2 heterocycles. The number of guanidine groups is 1. The molecule has 9 nitrogen and oxygen atoms in total. The second kappa shape index (κ2) is 10.4. The van der Waals surface area contributed by atoms with Crippen LogP contribution in [0.25, 0.3) is 0 Å². The minimum absolute atomic E-state index is 0.0788. The van der Waals surface area contributed by atoms with E-state index in [4.69, 9.17) is 4.99 Å². The molecule has 2 aliphatic heterocycles. The number of carbonyl (C=O) groups is 1. The number of nitro benzene ring substituents is 1. The molecule has 9 heteroatoms. The monoisotopic (exact) mass is 416 g/mol. The van der Waals surface area contributed by atoms with E-state index in [0.717, 1.165) is 70.2 Å². The van der Waals surface area contributed by atoms with E-state index in [2.05, 4.69) is 15.1 Å². The van der Waals surface area contributed by atoms with E-state index >= 15 is 0 Å². The molecule has 2 saturated heterocycles. The van der Waals surface area contributed by atoms with E-state index in [-0.39, 0.29) is 17.6 Å². The summed E-state index contributed by atoms with van der Waals surface area (Å²) >= 11 is 0. The van der Waals surface area contributed by atoms with Crippen LogP contribution < -0.4 is 5.32 Å². The molecule has 1 aromatic carbocycles. The zero-order valence-electron chi connectivity index (χ0n) is 17.9. The first-order valence-electron chi connectivity index (χ1n) is 10.8. The lowest BCUT2D eigenvalue weighted by Gasteiger charge is -2.39. The maximum atomic E-state index is 12.7. The predicted octanol–water partition coefficient (Wildman–Crippen LogP) is 1.69. The number of carbonyl (C=O) groups excluding carboxylic acids is 1. The number of amides is 1. The quantitative estimate of drug-likeness (QED) is 0.328. The van der Waals surface area contributed by atoms with Gasteiger partial charge in [0.05, 0.1) is 17.5 Å². The van der Waals surface area contributed by atoms with E-state index in [1.165, 1.54) is 12.1 Å². The number of hydrogen-bond donors (Lipinski definition) is 1. The topological polar surface area (TPSA) is 94.3 Å². The van der Waals surface area contributed by atoms with Crippen LogP contribution >= 0.6 is 0 Å². The van der Waals surface area contributed by atoms with Gasteiger partial charge in [0.1, 0.15) is 0 Å². The van der Waals surface area contributed by atoms with Crippen LogP contribution in [0.5, 0.6) is 0 Å². The van der Waals surface area contributed by atoms with Crippen molar-refractivity contribution in [2.75, 3.05) is 45.8 Å². The van der Waals surface area contributed by atoms with Crippen LogP contribution in [-0.2, 0) is 11.3 Å². The van der Waals surface area contributed by atoms with Crippen molar-refractivity contribution >= 4 is 17.6 Å².